The molecule has 0 aliphatic rings. The summed E-state index contributed by atoms with van der Waals surface area (Å²) in [6, 6.07) is 12.5. The van der Waals surface area contributed by atoms with Gasteiger partial charge < -0.3 is 0 Å². The average molecular weight is 398 g/mol. The zero-order chi connectivity index (χ0) is 18.7. The molecule has 0 radical (unpaired) electrons. The molecule has 0 saturated heterocycles. The maximum Gasteiger partial charge on any atom is 0.256 e. The fourth-order valence-corrected chi connectivity index (χ4v) is 3.69. The van der Waals surface area contributed by atoms with E-state index in [0.29, 0.717) is 10.7 Å². The van der Waals surface area contributed by atoms with E-state index in [0.717, 1.165) is 12.3 Å². The average Bonchev–Trinajstić information content (AvgIpc) is 2.56. The maximum absolute atomic E-state index is 12.5. The quantitative estimate of drug-likeness (QED) is 0.481. The molecule has 0 saturated carbocycles. The first kappa shape index (κ1) is 18.9. The van der Waals surface area contributed by atoms with Crippen molar-refractivity contribution in [3.63, 3.8) is 0 Å². The highest BCUT2D eigenvalue weighted by atomic mass is 35.5. The van der Waals surface area contributed by atoms with Crippen molar-refractivity contribution < 1.29 is 16.8 Å². The molecule has 2 aromatic carbocycles. The molecular formula is C15H12ClN3O4S2. The first-order valence-electron chi connectivity index (χ1n) is 6.69. The number of rotatable bonds is 4. The Hall–Kier alpha value is -2.41. The van der Waals surface area contributed by atoms with Crippen molar-refractivity contribution >= 4 is 42.0 Å². The molecule has 2 aromatic rings. The van der Waals surface area contributed by atoms with Crippen LogP contribution in [-0.2, 0) is 19.7 Å². The smallest absolute Gasteiger partial charge is 0.256 e. The van der Waals surface area contributed by atoms with Gasteiger partial charge in [0.1, 0.15) is 6.07 Å². The lowest BCUT2D eigenvalue weighted by atomic mass is 10.3. The molecular weight excluding hydrogens is 386 g/mol. The monoisotopic (exact) mass is 397 g/mol. The lowest BCUT2D eigenvalue weighted by molar-refractivity contribution is 0.601. The second kappa shape index (κ2) is 7.23. The van der Waals surface area contributed by atoms with Crippen LogP contribution in [0.3, 0.4) is 0 Å². The van der Waals surface area contributed by atoms with Crippen LogP contribution in [0.5, 0.6) is 0 Å². The topological polar surface area (TPSA) is 116 Å². The van der Waals surface area contributed by atoms with E-state index < -0.39 is 24.7 Å². The van der Waals surface area contributed by atoms with Crippen LogP contribution in [-0.4, -0.2) is 28.1 Å². The predicted octanol–water partition coefficient (Wildman–Crippen LogP) is 2.47. The van der Waals surface area contributed by atoms with Crippen molar-refractivity contribution in [1.29, 1.82) is 5.26 Å². The van der Waals surface area contributed by atoms with Gasteiger partial charge in [0.05, 0.1) is 15.5 Å². The summed E-state index contributed by atoms with van der Waals surface area (Å²) >= 11 is 5.74. The Bertz CT molecular complexity index is 1070. The third-order valence-corrected chi connectivity index (χ3v) is 5.95. The number of nitriles is 1. The van der Waals surface area contributed by atoms with E-state index in [1.54, 1.807) is 24.3 Å². The number of halogens is 1. The summed E-state index contributed by atoms with van der Waals surface area (Å²) in [5.41, 5.74) is 2.88. The van der Waals surface area contributed by atoms with Crippen LogP contribution < -0.4 is 5.43 Å². The molecule has 0 heterocycles. The SMILES string of the molecule is CS(=O)(=O)c1cccc(S(=O)(=O)/C(C#N)=N/Nc2ccc(Cl)cc2)c1. The molecule has 0 aliphatic carbocycles. The Morgan fingerprint density at radius 1 is 1.08 bits per heavy atom. The van der Waals surface area contributed by atoms with Gasteiger partial charge in [-0.3, -0.25) is 5.43 Å². The van der Waals surface area contributed by atoms with Gasteiger partial charge in [-0.25, -0.2) is 16.8 Å². The van der Waals surface area contributed by atoms with E-state index in [2.05, 4.69) is 10.5 Å². The Morgan fingerprint density at radius 3 is 2.24 bits per heavy atom. The van der Waals surface area contributed by atoms with E-state index in [9.17, 15) is 16.8 Å². The molecule has 25 heavy (non-hydrogen) atoms. The van der Waals surface area contributed by atoms with Gasteiger partial charge in [-0.05, 0) is 42.5 Å². The summed E-state index contributed by atoms with van der Waals surface area (Å²) < 4.78 is 48.2. The summed E-state index contributed by atoms with van der Waals surface area (Å²) in [6.07, 6.45) is 0.958. The number of benzene rings is 2. The molecule has 7 nitrogen and oxygen atoms in total. The van der Waals surface area contributed by atoms with Crippen molar-refractivity contribution in [1.82, 2.24) is 0 Å². The first-order chi connectivity index (χ1) is 11.6. The van der Waals surface area contributed by atoms with Crippen LogP contribution >= 0.6 is 11.6 Å². The second-order valence-electron chi connectivity index (χ2n) is 4.90. The summed E-state index contributed by atoms with van der Waals surface area (Å²) in [6.45, 7) is 0. The minimum absolute atomic E-state index is 0.170. The zero-order valence-electron chi connectivity index (χ0n) is 12.8. The standard InChI is InChI=1S/C15H12ClN3O4S2/c1-24(20,21)13-3-2-4-14(9-13)25(22,23)15(10-17)19-18-12-7-5-11(16)6-8-12/h2-9,18H,1H3/b19-15+. The molecule has 0 spiro atoms. The number of nitrogens with zero attached hydrogens (tertiary/aromatic N) is 2. The third kappa shape index (κ3) is 4.57. The molecule has 1 N–H and O–H groups in total. The van der Waals surface area contributed by atoms with Gasteiger partial charge in [-0.15, -0.1) is 0 Å². The van der Waals surface area contributed by atoms with Gasteiger partial charge in [0.15, 0.2) is 9.84 Å². The van der Waals surface area contributed by atoms with Crippen LogP contribution in [0.1, 0.15) is 0 Å². The van der Waals surface area contributed by atoms with Gasteiger partial charge >= 0.3 is 0 Å². The zero-order valence-corrected chi connectivity index (χ0v) is 15.2. The maximum atomic E-state index is 12.5. The number of sulfone groups is 2. The van der Waals surface area contributed by atoms with Gasteiger partial charge in [-0.2, -0.15) is 10.4 Å². The van der Waals surface area contributed by atoms with Gasteiger partial charge in [0.2, 0.25) is 9.84 Å². The summed E-state index contributed by atoms with van der Waals surface area (Å²) in [4.78, 5) is -0.509. The minimum Gasteiger partial charge on any atom is -0.277 e. The highest BCUT2D eigenvalue weighted by Gasteiger charge is 2.24. The van der Waals surface area contributed by atoms with Gasteiger partial charge in [0, 0.05) is 11.3 Å². The molecule has 0 amide bonds. The van der Waals surface area contributed by atoms with Crippen molar-refractivity contribution in [2.45, 2.75) is 9.79 Å². The number of hydrogen-bond acceptors (Lipinski definition) is 7. The van der Waals surface area contributed by atoms with Crippen LogP contribution in [0.15, 0.2) is 63.4 Å². The number of hydrogen-bond donors (Lipinski definition) is 1. The Kier molecular flexibility index (Phi) is 5.47. The molecule has 0 fully saturated rings. The van der Waals surface area contributed by atoms with Crippen LogP contribution in [0, 0.1) is 11.3 Å². The molecule has 130 valence electrons. The molecule has 0 aromatic heterocycles. The van der Waals surface area contributed by atoms with Crippen molar-refractivity contribution in [2.75, 3.05) is 11.7 Å². The first-order valence-corrected chi connectivity index (χ1v) is 10.4. The Balaban J connectivity index is 2.41. The molecule has 10 heteroatoms. The largest absolute Gasteiger partial charge is 0.277 e. The molecule has 0 aliphatic heterocycles. The molecule has 2 rings (SSSR count). The predicted molar refractivity (Wildman–Crippen MR) is 94.9 cm³/mol. The fraction of sp³-hybridized carbons (Fsp3) is 0.0667. The lowest BCUT2D eigenvalue weighted by Gasteiger charge is -2.05. The number of anilines is 1. The van der Waals surface area contributed by atoms with Crippen molar-refractivity contribution in [3.05, 3.63) is 53.6 Å². The van der Waals surface area contributed by atoms with Crippen molar-refractivity contribution in [2.24, 2.45) is 5.10 Å². The molecule has 0 bridgehead atoms. The minimum atomic E-state index is -4.28. The second-order valence-corrected chi connectivity index (χ2v) is 9.22. The van der Waals surface area contributed by atoms with Crippen molar-refractivity contribution in [3.8, 4) is 6.07 Å². The van der Waals surface area contributed by atoms with Gasteiger partial charge in [0.25, 0.3) is 5.04 Å². The Morgan fingerprint density at radius 2 is 1.68 bits per heavy atom. The van der Waals surface area contributed by atoms with Crippen LogP contribution in [0.4, 0.5) is 5.69 Å². The summed E-state index contributed by atoms with van der Waals surface area (Å²) in [7, 11) is -7.87. The Labute approximate surface area is 150 Å². The van der Waals surface area contributed by atoms with E-state index in [1.807, 2.05) is 0 Å². The van der Waals surface area contributed by atoms with E-state index >= 15 is 0 Å². The number of nitrogens with one attached hydrogen (secondary N) is 1. The van der Waals surface area contributed by atoms with E-state index in [4.69, 9.17) is 16.9 Å². The van der Waals surface area contributed by atoms with Crippen LogP contribution in [0.2, 0.25) is 5.02 Å². The summed E-state index contributed by atoms with van der Waals surface area (Å²) in [5, 5.41) is 12.4. The highest BCUT2D eigenvalue weighted by molar-refractivity contribution is 8.07. The lowest BCUT2D eigenvalue weighted by Crippen LogP contribution is -2.15. The third-order valence-electron chi connectivity index (χ3n) is 3.02. The molecule has 0 atom stereocenters. The van der Waals surface area contributed by atoms with Crippen LogP contribution in [0.25, 0.3) is 0 Å². The summed E-state index contributed by atoms with van der Waals surface area (Å²) in [5.74, 6) is 0. The van der Waals surface area contributed by atoms with E-state index in [1.165, 1.54) is 24.3 Å². The van der Waals surface area contributed by atoms with E-state index in [-0.39, 0.29) is 9.79 Å². The normalized spacial score (nSPS) is 12.4. The molecule has 0 unspecified atom stereocenters. The highest BCUT2D eigenvalue weighted by Crippen LogP contribution is 2.19. The fourth-order valence-electron chi connectivity index (χ4n) is 1.77. The number of hydrazone groups is 1. The van der Waals surface area contributed by atoms with Gasteiger partial charge in [-0.1, -0.05) is 17.7 Å².